The van der Waals surface area contributed by atoms with Gasteiger partial charge in [-0.25, -0.2) is 9.79 Å². The third-order valence-corrected chi connectivity index (χ3v) is 5.27. The van der Waals surface area contributed by atoms with E-state index < -0.39 is 10.9 Å². The van der Waals surface area contributed by atoms with Crippen LogP contribution in [0.3, 0.4) is 0 Å². The molecule has 0 atom stereocenters. The van der Waals surface area contributed by atoms with Crippen LogP contribution in [0.2, 0.25) is 0 Å². The van der Waals surface area contributed by atoms with E-state index in [0.717, 1.165) is 48.3 Å². The fraction of sp³-hybridized carbons (Fsp3) is 0.294. The lowest BCUT2D eigenvalue weighted by atomic mass is 9.95. The molecule has 0 radical (unpaired) electrons. The van der Waals surface area contributed by atoms with Crippen molar-refractivity contribution < 1.29 is 19.6 Å². The highest BCUT2D eigenvalue weighted by Crippen LogP contribution is 2.40. The van der Waals surface area contributed by atoms with Gasteiger partial charge in [-0.05, 0) is 36.8 Å². The summed E-state index contributed by atoms with van der Waals surface area (Å²) in [7, 11) is 1.32. The minimum atomic E-state index is -0.569. The Kier molecular flexibility index (Phi) is 4.80. The molecule has 1 aromatic heterocycles. The highest BCUT2D eigenvalue weighted by Gasteiger charge is 2.25. The van der Waals surface area contributed by atoms with Crippen LogP contribution in [0.1, 0.15) is 39.2 Å². The Labute approximate surface area is 147 Å². The number of carbonyl (C=O) groups excluding carboxylic acids is 1. The zero-order valence-corrected chi connectivity index (χ0v) is 14.3. The number of aryl methyl sites for hydroxylation is 1. The average Bonchev–Trinajstić information content (AvgIpc) is 2.98. The van der Waals surface area contributed by atoms with E-state index in [2.05, 4.69) is 4.99 Å². The maximum Gasteiger partial charge on any atom is 0.341 e. The molecule has 8 heteroatoms. The van der Waals surface area contributed by atoms with Gasteiger partial charge in [0.1, 0.15) is 5.00 Å². The number of fused-ring (bicyclic) bond motifs is 1. The van der Waals surface area contributed by atoms with Crippen molar-refractivity contribution in [3.05, 3.63) is 49.9 Å². The van der Waals surface area contributed by atoms with Gasteiger partial charge < -0.3 is 9.84 Å². The van der Waals surface area contributed by atoms with Gasteiger partial charge in [-0.3, -0.25) is 10.1 Å². The number of non-ortho nitro benzene ring substituents is 1. The van der Waals surface area contributed by atoms with Gasteiger partial charge in [-0.2, -0.15) is 0 Å². The second-order valence-corrected chi connectivity index (χ2v) is 6.70. The van der Waals surface area contributed by atoms with E-state index in [4.69, 9.17) is 4.74 Å². The van der Waals surface area contributed by atoms with Gasteiger partial charge >= 0.3 is 5.97 Å². The third kappa shape index (κ3) is 3.39. The molecule has 1 aliphatic carbocycles. The van der Waals surface area contributed by atoms with E-state index in [1.165, 1.54) is 30.7 Å². The molecule has 1 heterocycles. The van der Waals surface area contributed by atoms with E-state index in [1.54, 1.807) is 0 Å². The predicted octanol–water partition coefficient (Wildman–Crippen LogP) is 3.15. The largest absolute Gasteiger partial charge is 0.872 e. The van der Waals surface area contributed by atoms with Crippen LogP contribution in [0.25, 0.3) is 0 Å². The van der Waals surface area contributed by atoms with Crippen molar-refractivity contribution in [2.75, 3.05) is 7.11 Å². The van der Waals surface area contributed by atoms with E-state index in [1.807, 2.05) is 0 Å². The first-order valence-corrected chi connectivity index (χ1v) is 8.55. The summed E-state index contributed by atoms with van der Waals surface area (Å²) in [5, 5.41) is 23.2. The minimum absolute atomic E-state index is 0.108. The van der Waals surface area contributed by atoms with E-state index in [9.17, 15) is 20.0 Å². The number of hydrogen-bond donors (Lipinski definition) is 0. The normalized spacial score (nSPS) is 13.6. The Morgan fingerprint density at radius 2 is 2.12 bits per heavy atom. The monoisotopic (exact) mass is 359 g/mol. The zero-order valence-electron chi connectivity index (χ0n) is 13.5. The molecule has 0 amide bonds. The summed E-state index contributed by atoms with van der Waals surface area (Å²) in [5.74, 6) is -0.816. The van der Waals surface area contributed by atoms with Crippen molar-refractivity contribution in [2.24, 2.45) is 4.99 Å². The lowest BCUT2D eigenvalue weighted by Crippen LogP contribution is -2.07. The Hall–Kier alpha value is -2.74. The lowest BCUT2D eigenvalue weighted by Gasteiger charge is -2.11. The molecule has 0 fully saturated rings. The topological polar surface area (TPSA) is 105 Å². The van der Waals surface area contributed by atoms with Crippen molar-refractivity contribution in [1.82, 2.24) is 0 Å². The number of nitrogens with zero attached hydrogens (tertiary/aromatic N) is 2. The summed E-state index contributed by atoms with van der Waals surface area (Å²) in [4.78, 5) is 27.8. The number of aliphatic imine (C=N–C) groups is 1. The number of nitro benzene ring substituents is 1. The quantitative estimate of drug-likeness (QED) is 0.361. The number of hydrogen-bond acceptors (Lipinski definition) is 7. The molecule has 3 rings (SSSR count). The van der Waals surface area contributed by atoms with Crippen LogP contribution in [0.15, 0.2) is 23.2 Å². The van der Waals surface area contributed by atoms with Crippen LogP contribution in [0.4, 0.5) is 10.7 Å². The Morgan fingerprint density at radius 1 is 1.36 bits per heavy atom. The second-order valence-electron chi connectivity index (χ2n) is 5.62. The lowest BCUT2D eigenvalue weighted by molar-refractivity contribution is -0.385. The number of carbonyl (C=O) groups is 1. The summed E-state index contributed by atoms with van der Waals surface area (Å²) < 4.78 is 4.87. The molecule has 1 aliphatic rings. The number of ether oxygens (including phenoxy) is 1. The summed E-state index contributed by atoms with van der Waals surface area (Å²) in [6, 6.07) is 3.47. The fourth-order valence-corrected chi connectivity index (χ4v) is 4.05. The van der Waals surface area contributed by atoms with Crippen LogP contribution in [-0.2, 0) is 17.6 Å². The minimum Gasteiger partial charge on any atom is -0.872 e. The molecular weight excluding hydrogens is 344 g/mol. The summed E-state index contributed by atoms with van der Waals surface area (Å²) in [6.45, 7) is 0. The standard InChI is InChI=1S/C17H16N2O5S/c1-24-17(21)15-12-4-2-3-5-14(12)25-16(15)18-9-10-8-11(19(22)23)6-7-13(10)20/h6-9,20H,2-5H2,1H3/p-1. The molecule has 0 spiro atoms. The maximum absolute atomic E-state index is 12.1. The zero-order chi connectivity index (χ0) is 18.0. The van der Waals surface area contributed by atoms with Crippen molar-refractivity contribution in [2.45, 2.75) is 25.7 Å². The number of esters is 1. The Bertz CT molecular complexity index is 872. The molecule has 0 unspecified atom stereocenters. The molecule has 1 aromatic carbocycles. The third-order valence-electron chi connectivity index (χ3n) is 4.07. The number of benzene rings is 1. The van der Waals surface area contributed by atoms with Crippen molar-refractivity contribution in [3.63, 3.8) is 0 Å². The molecule has 7 nitrogen and oxygen atoms in total. The maximum atomic E-state index is 12.1. The van der Waals surface area contributed by atoms with Crippen LogP contribution in [0.5, 0.6) is 5.75 Å². The second kappa shape index (κ2) is 7.02. The van der Waals surface area contributed by atoms with Crippen LogP contribution < -0.4 is 5.11 Å². The first-order chi connectivity index (χ1) is 12.0. The number of thiophene rings is 1. The molecule has 0 saturated carbocycles. The molecule has 25 heavy (non-hydrogen) atoms. The van der Waals surface area contributed by atoms with Crippen molar-refractivity contribution in [1.29, 1.82) is 0 Å². The highest BCUT2D eigenvalue weighted by molar-refractivity contribution is 7.16. The van der Waals surface area contributed by atoms with Crippen molar-refractivity contribution in [3.8, 4) is 5.75 Å². The number of nitro groups is 1. The van der Waals surface area contributed by atoms with E-state index >= 15 is 0 Å². The smallest absolute Gasteiger partial charge is 0.341 e. The Balaban J connectivity index is 2.02. The first kappa shape index (κ1) is 17.1. The van der Waals surface area contributed by atoms with Gasteiger partial charge in [0.2, 0.25) is 0 Å². The van der Waals surface area contributed by atoms with Crippen LogP contribution >= 0.6 is 11.3 Å². The molecule has 2 aromatic rings. The van der Waals surface area contributed by atoms with Gasteiger partial charge in [0.15, 0.2) is 0 Å². The first-order valence-electron chi connectivity index (χ1n) is 7.73. The summed E-state index contributed by atoms with van der Waals surface area (Å²) in [5.41, 5.74) is 1.34. The van der Waals surface area contributed by atoms with Gasteiger partial charge in [0.05, 0.1) is 17.6 Å². The van der Waals surface area contributed by atoms with Gasteiger partial charge in [-0.1, -0.05) is 11.8 Å². The molecule has 130 valence electrons. The number of rotatable bonds is 4. The van der Waals surface area contributed by atoms with Crippen LogP contribution in [0, 0.1) is 10.1 Å². The number of methoxy groups -OCH3 is 1. The summed E-state index contributed by atoms with van der Waals surface area (Å²) >= 11 is 1.41. The van der Waals surface area contributed by atoms with Crippen molar-refractivity contribution >= 4 is 34.2 Å². The van der Waals surface area contributed by atoms with Gasteiger partial charge in [0, 0.05) is 23.2 Å². The molecule has 0 N–H and O–H groups in total. The molecule has 0 aliphatic heterocycles. The van der Waals surface area contributed by atoms with E-state index in [0.29, 0.717) is 10.6 Å². The van der Waals surface area contributed by atoms with Gasteiger partial charge in [0.25, 0.3) is 5.69 Å². The molecule has 0 saturated heterocycles. The molecule has 0 bridgehead atoms. The van der Waals surface area contributed by atoms with Crippen LogP contribution in [-0.4, -0.2) is 24.2 Å². The highest BCUT2D eigenvalue weighted by atomic mass is 32.1. The summed E-state index contributed by atoms with van der Waals surface area (Å²) in [6.07, 6.45) is 5.04. The predicted molar refractivity (Wildman–Crippen MR) is 92.1 cm³/mol. The molecular formula is C17H15N2O5S-. The Morgan fingerprint density at radius 3 is 2.84 bits per heavy atom. The van der Waals surface area contributed by atoms with Gasteiger partial charge in [-0.15, -0.1) is 11.3 Å². The fourth-order valence-electron chi connectivity index (χ4n) is 2.83. The van der Waals surface area contributed by atoms with E-state index in [-0.39, 0.29) is 17.0 Å². The average molecular weight is 359 g/mol. The SMILES string of the molecule is COC(=O)c1c(N=Cc2cc([N+](=O)[O-])ccc2[O-])sc2c1CCCC2.